The molecule has 0 spiro atoms. The Hall–Kier alpha value is -0.120. The molecule has 2 fully saturated rings. The molecule has 0 aromatic carbocycles. The summed E-state index contributed by atoms with van der Waals surface area (Å²) in [5, 5.41) is 3.43. The Bertz CT molecular complexity index is 118. The molecule has 0 aromatic heterocycles. The summed E-state index contributed by atoms with van der Waals surface area (Å²) in [6.07, 6.45) is 0. The maximum atomic E-state index is 5.49. The number of morpholine rings is 1. The zero-order valence-electron chi connectivity index (χ0n) is 7.05. The van der Waals surface area contributed by atoms with Gasteiger partial charge in [0.25, 0.3) is 0 Å². The minimum Gasteiger partial charge on any atom is -0.378 e. The smallest absolute Gasteiger partial charge is 0.0635 e. The van der Waals surface area contributed by atoms with E-state index >= 15 is 0 Å². The van der Waals surface area contributed by atoms with E-state index in [1.165, 1.54) is 6.54 Å². The summed E-state index contributed by atoms with van der Waals surface area (Å²) < 4.78 is 5.49. The number of hydrogen-bond acceptors (Lipinski definition) is 3. The Morgan fingerprint density at radius 2 is 2.00 bits per heavy atom. The molecule has 2 saturated heterocycles. The first-order chi connectivity index (χ1) is 5.42. The van der Waals surface area contributed by atoms with Crippen LogP contribution in [0.1, 0.15) is 6.92 Å². The van der Waals surface area contributed by atoms with Gasteiger partial charge in [-0.25, -0.2) is 0 Å². The molecule has 0 aromatic rings. The van der Waals surface area contributed by atoms with Crippen molar-refractivity contribution in [3.8, 4) is 0 Å². The number of piperazine rings is 1. The molecule has 0 amide bonds. The van der Waals surface area contributed by atoms with Gasteiger partial charge in [-0.05, 0) is 6.54 Å². The van der Waals surface area contributed by atoms with Crippen molar-refractivity contribution in [3.63, 3.8) is 0 Å². The molecule has 3 nitrogen and oxygen atoms in total. The van der Waals surface area contributed by atoms with Gasteiger partial charge in [0.2, 0.25) is 0 Å². The number of fused-ring (bicyclic) bond motifs is 2. The zero-order chi connectivity index (χ0) is 7.68. The van der Waals surface area contributed by atoms with E-state index in [4.69, 9.17) is 4.74 Å². The predicted octanol–water partition coefficient (Wildman–Crippen LogP) is -0.321. The summed E-state index contributed by atoms with van der Waals surface area (Å²) >= 11 is 0. The van der Waals surface area contributed by atoms with Gasteiger partial charge >= 0.3 is 0 Å². The first kappa shape index (κ1) is 7.53. The van der Waals surface area contributed by atoms with Crippen LogP contribution in [0.25, 0.3) is 0 Å². The second kappa shape index (κ2) is 3.09. The second-order valence-electron chi connectivity index (χ2n) is 3.33. The van der Waals surface area contributed by atoms with Gasteiger partial charge in [0.15, 0.2) is 0 Å². The highest BCUT2D eigenvalue weighted by Gasteiger charge is 2.32. The van der Waals surface area contributed by atoms with Crippen LogP contribution >= 0.6 is 0 Å². The Kier molecular flexibility index (Phi) is 2.11. The maximum absolute atomic E-state index is 5.49. The van der Waals surface area contributed by atoms with Crippen LogP contribution < -0.4 is 5.32 Å². The van der Waals surface area contributed by atoms with Crippen LogP contribution in [0.15, 0.2) is 0 Å². The monoisotopic (exact) mass is 156 g/mol. The minimum absolute atomic E-state index is 0.632. The highest BCUT2D eigenvalue weighted by atomic mass is 16.5. The number of nitrogens with one attached hydrogen (secondary N) is 1. The summed E-state index contributed by atoms with van der Waals surface area (Å²) in [6, 6.07) is 1.26. The third-order valence-corrected chi connectivity index (χ3v) is 2.68. The predicted molar refractivity (Wildman–Crippen MR) is 43.6 cm³/mol. The van der Waals surface area contributed by atoms with Gasteiger partial charge in [-0.1, -0.05) is 6.92 Å². The van der Waals surface area contributed by atoms with Gasteiger partial charge < -0.3 is 10.1 Å². The summed E-state index contributed by atoms with van der Waals surface area (Å²) in [7, 11) is 0. The zero-order valence-corrected chi connectivity index (χ0v) is 7.05. The molecule has 64 valence electrons. The lowest BCUT2D eigenvalue weighted by Crippen LogP contribution is -2.63. The van der Waals surface area contributed by atoms with Crippen molar-refractivity contribution < 1.29 is 4.74 Å². The lowest BCUT2D eigenvalue weighted by atomic mass is 10.1. The summed E-state index contributed by atoms with van der Waals surface area (Å²) in [4.78, 5) is 2.56. The van der Waals surface area contributed by atoms with Crippen LogP contribution in [-0.4, -0.2) is 49.8 Å². The molecule has 2 rings (SSSR count). The molecule has 0 aliphatic carbocycles. The number of nitrogens with zero attached hydrogens (tertiary/aromatic N) is 1. The molecule has 2 aliphatic heterocycles. The first-order valence-electron chi connectivity index (χ1n) is 4.46. The second-order valence-corrected chi connectivity index (χ2v) is 3.33. The summed E-state index contributed by atoms with van der Waals surface area (Å²) in [5.41, 5.74) is 0. The van der Waals surface area contributed by atoms with E-state index in [-0.39, 0.29) is 0 Å². The van der Waals surface area contributed by atoms with Gasteiger partial charge in [-0.3, -0.25) is 4.90 Å². The van der Waals surface area contributed by atoms with Gasteiger partial charge in [-0.2, -0.15) is 0 Å². The Morgan fingerprint density at radius 3 is 2.45 bits per heavy atom. The molecule has 2 unspecified atom stereocenters. The van der Waals surface area contributed by atoms with Crippen molar-refractivity contribution in [2.75, 3.05) is 32.8 Å². The van der Waals surface area contributed by atoms with Gasteiger partial charge in [0.1, 0.15) is 0 Å². The molecule has 2 aliphatic rings. The highest BCUT2D eigenvalue weighted by molar-refractivity contribution is 4.89. The fourth-order valence-electron chi connectivity index (χ4n) is 2.12. The fraction of sp³-hybridized carbons (Fsp3) is 1.00. The molecular formula is C8H16N2O. The number of hydrogen-bond donors (Lipinski definition) is 1. The quantitative estimate of drug-likeness (QED) is 0.563. The van der Waals surface area contributed by atoms with Crippen molar-refractivity contribution in [2.24, 2.45) is 0 Å². The molecule has 2 atom stereocenters. The van der Waals surface area contributed by atoms with Gasteiger partial charge in [0, 0.05) is 25.2 Å². The van der Waals surface area contributed by atoms with Crippen molar-refractivity contribution in [1.82, 2.24) is 10.2 Å². The average molecular weight is 156 g/mol. The summed E-state index contributed by atoms with van der Waals surface area (Å²) in [5.74, 6) is 0. The SMILES string of the molecule is CCN1C2CNCC1COC2. The molecule has 2 heterocycles. The minimum atomic E-state index is 0.632. The maximum Gasteiger partial charge on any atom is 0.0635 e. The molecule has 3 heteroatoms. The van der Waals surface area contributed by atoms with Crippen LogP contribution in [0.4, 0.5) is 0 Å². The van der Waals surface area contributed by atoms with E-state index in [2.05, 4.69) is 17.1 Å². The van der Waals surface area contributed by atoms with Crippen molar-refractivity contribution in [1.29, 1.82) is 0 Å². The molecule has 2 bridgehead atoms. The van der Waals surface area contributed by atoms with Crippen molar-refractivity contribution in [2.45, 2.75) is 19.0 Å². The van der Waals surface area contributed by atoms with E-state index < -0.39 is 0 Å². The fourth-order valence-corrected chi connectivity index (χ4v) is 2.12. The topological polar surface area (TPSA) is 24.5 Å². The van der Waals surface area contributed by atoms with E-state index in [9.17, 15) is 0 Å². The molecule has 0 saturated carbocycles. The Morgan fingerprint density at radius 1 is 1.36 bits per heavy atom. The molecule has 0 radical (unpaired) electrons. The standard InChI is InChI=1S/C8H16N2O/c1-2-10-7-3-9-4-8(10)6-11-5-7/h7-9H,2-6H2,1H3. The molecule has 11 heavy (non-hydrogen) atoms. The molecule has 1 N–H and O–H groups in total. The van der Waals surface area contributed by atoms with E-state index in [1.807, 2.05) is 0 Å². The van der Waals surface area contributed by atoms with Crippen molar-refractivity contribution in [3.05, 3.63) is 0 Å². The third-order valence-electron chi connectivity index (χ3n) is 2.68. The van der Waals surface area contributed by atoms with Crippen LogP contribution in [0, 0.1) is 0 Å². The van der Waals surface area contributed by atoms with E-state index in [0.29, 0.717) is 12.1 Å². The van der Waals surface area contributed by atoms with Crippen LogP contribution in [-0.2, 0) is 4.74 Å². The van der Waals surface area contributed by atoms with Gasteiger partial charge in [0.05, 0.1) is 13.2 Å². The van der Waals surface area contributed by atoms with Crippen LogP contribution in [0.5, 0.6) is 0 Å². The number of rotatable bonds is 1. The Labute approximate surface area is 67.7 Å². The lowest BCUT2D eigenvalue weighted by molar-refractivity contribution is -0.0619. The van der Waals surface area contributed by atoms with E-state index in [0.717, 1.165) is 26.3 Å². The van der Waals surface area contributed by atoms with E-state index in [1.54, 1.807) is 0 Å². The highest BCUT2D eigenvalue weighted by Crippen LogP contribution is 2.15. The number of ether oxygens (including phenoxy) is 1. The summed E-state index contributed by atoms with van der Waals surface area (Å²) in [6.45, 7) is 7.43. The van der Waals surface area contributed by atoms with Crippen LogP contribution in [0.2, 0.25) is 0 Å². The average Bonchev–Trinajstić information content (AvgIpc) is 2.03. The Balaban J connectivity index is 2.04. The normalized spacial score (nSPS) is 39.0. The first-order valence-corrected chi connectivity index (χ1v) is 4.46. The van der Waals surface area contributed by atoms with Gasteiger partial charge in [-0.15, -0.1) is 0 Å². The largest absolute Gasteiger partial charge is 0.378 e. The molecular weight excluding hydrogens is 140 g/mol. The van der Waals surface area contributed by atoms with Crippen LogP contribution in [0.3, 0.4) is 0 Å². The lowest BCUT2D eigenvalue weighted by Gasteiger charge is -2.45. The van der Waals surface area contributed by atoms with Crippen molar-refractivity contribution >= 4 is 0 Å². The third kappa shape index (κ3) is 1.28. The number of likely N-dealkylation sites (N-methyl/N-ethyl adjacent to an activating group) is 1.